The van der Waals surface area contributed by atoms with Gasteiger partial charge in [0, 0.05) is 26.2 Å². The highest BCUT2D eigenvalue weighted by Crippen LogP contribution is 2.13. The van der Waals surface area contributed by atoms with Crippen molar-refractivity contribution in [2.75, 3.05) is 26.2 Å². The van der Waals surface area contributed by atoms with Gasteiger partial charge in [-0.2, -0.15) is 4.31 Å². The molecule has 1 saturated heterocycles. The number of carbonyl (C=O) groups is 1. The summed E-state index contributed by atoms with van der Waals surface area (Å²) >= 11 is 0. The molecule has 104 valence electrons. The number of hydrogen-bond donors (Lipinski definition) is 0. The number of nitrogens with zero attached hydrogens (tertiary/aromatic N) is 2. The number of sulfonamides is 1. The Kier molecular flexibility index (Phi) is 4.16. The van der Waals surface area contributed by atoms with E-state index in [1.54, 1.807) is 4.90 Å². The predicted octanol–water partition coefficient (Wildman–Crippen LogP) is 0.429. The van der Waals surface area contributed by atoms with E-state index in [0.717, 1.165) is 6.41 Å². The first kappa shape index (κ1) is 14.0. The molecule has 5 nitrogen and oxygen atoms in total. The van der Waals surface area contributed by atoms with Crippen LogP contribution in [-0.4, -0.2) is 50.2 Å². The standard InChI is InChI=1S/C12H15FN2O3S/c13-12-3-1-11(2-4-12)9-19(17,18)15-7-5-14(10-16)6-8-15/h1-4,10H,5-9H2. The van der Waals surface area contributed by atoms with Crippen LogP contribution in [0.2, 0.25) is 0 Å². The number of carbonyl (C=O) groups excluding carboxylic acids is 1. The zero-order valence-electron chi connectivity index (χ0n) is 10.3. The Morgan fingerprint density at radius 1 is 1.11 bits per heavy atom. The Labute approximate surface area is 111 Å². The van der Waals surface area contributed by atoms with Gasteiger partial charge in [0.1, 0.15) is 5.82 Å². The minimum absolute atomic E-state index is 0.144. The van der Waals surface area contributed by atoms with Gasteiger partial charge >= 0.3 is 0 Å². The van der Waals surface area contributed by atoms with E-state index >= 15 is 0 Å². The van der Waals surface area contributed by atoms with E-state index in [-0.39, 0.29) is 11.6 Å². The van der Waals surface area contributed by atoms with E-state index in [0.29, 0.717) is 31.7 Å². The summed E-state index contributed by atoms with van der Waals surface area (Å²) in [4.78, 5) is 12.1. The van der Waals surface area contributed by atoms with Gasteiger partial charge in [-0.25, -0.2) is 12.8 Å². The SMILES string of the molecule is O=CN1CCN(S(=O)(=O)Cc2ccc(F)cc2)CC1. The molecule has 0 unspecified atom stereocenters. The molecule has 0 bridgehead atoms. The van der Waals surface area contributed by atoms with Gasteiger partial charge in [-0.3, -0.25) is 4.79 Å². The molecule has 1 aromatic carbocycles. The third-order valence-corrected chi connectivity index (χ3v) is 4.93. The fraction of sp³-hybridized carbons (Fsp3) is 0.417. The van der Waals surface area contributed by atoms with Gasteiger partial charge in [-0.15, -0.1) is 0 Å². The van der Waals surface area contributed by atoms with Crippen LogP contribution < -0.4 is 0 Å². The summed E-state index contributed by atoms with van der Waals surface area (Å²) in [6, 6.07) is 5.42. The lowest BCUT2D eigenvalue weighted by Gasteiger charge is -2.31. The van der Waals surface area contributed by atoms with Crippen molar-refractivity contribution in [1.29, 1.82) is 0 Å². The molecule has 1 aromatic rings. The molecule has 2 rings (SSSR count). The lowest BCUT2D eigenvalue weighted by atomic mass is 10.2. The second-order valence-corrected chi connectivity index (χ2v) is 6.39. The number of amides is 1. The minimum atomic E-state index is -3.41. The Hall–Kier alpha value is -1.47. The molecule has 1 fully saturated rings. The predicted molar refractivity (Wildman–Crippen MR) is 68.2 cm³/mol. The van der Waals surface area contributed by atoms with Crippen molar-refractivity contribution < 1.29 is 17.6 Å². The quantitative estimate of drug-likeness (QED) is 0.754. The van der Waals surface area contributed by atoms with Crippen molar-refractivity contribution in [1.82, 2.24) is 9.21 Å². The van der Waals surface area contributed by atoms with Gasteiger partial charge < -0.3 is 4.90 Å². The van der Waals surface area contributed by atoms with E-state index in [1.165, 1.54) is 28.6 Å². The first-order valence-electron chi connectivity index (χ1n) is 5.93. The molecule has 19 heavy (non-hydrogen) atoms. The molecule has 1 heterocycles. The van der Waals surface area contributed by atoms with E-state index in [2.05, 4.69) is 0 Å². The van der Waals surface area contributed by atoms with Crippen molar-refractivity contribution >= 4 is 16.4 Å². The van der Waals surface area contributed by atoms with Crippen LogP contribution in [0.4, 0.5) is 4.39 Å². The highest BCUT2D eigenvalue weighted by atomic mass is 32.2. The maximum Gasteiger partial charge on any atom is 0.218 e. The van der Waals surface area contributed by atoms with E-state index in [1.807, 2.05) is 0 Å². The van der Waals surface area contributed by atoms with E-state index in [4.69, 9.17) is 0 Å². The lowest BCUT2D eigenvalue weighted by molar-refractivity contribution is -0.119. The summed E-state index contributed by atoms with van der Waals surface area (Å²) in [5.74, 6) is -0.533. The maximum atomic E-state index is 12.8. The molecule has 1 aliphatic rings. The second kappa shape index (κ2) is 5.66. The highest BCUT2D eigenvalue weighted by molar-refractivity contribution is 7.88. The van der Waals surface area contributed by atoms with Crippen LogP contribution in [0.3, 0.4) is 0 Å². The molecule has 1 aliphatic heterocycles. The molecule has 0 aliphatic carbocycles. The zero-order valence-corrected chi connectivity index (χ0v) is 11.1. The summed E-state index contributed by atoms with van der Waals surface area (Å²) in [5, 5.41) is 0. The topological polar surface area (TPSA) is 57.7 Å². The van der Waals surface area contributed by atoms with Crippen molar-refractivity contribution in [3.63, 3.8) is 0 Å². The van der Waals surface area contributed by atoms with E-state index in [9.17, 15) is 17.6 Å². The minimum Gasteiger partial charge on any atom is -0.343 e. The van der Waals surface area contributed by atoms with Crippen molar-refractivity contribution in [3.8, 4) is 0 Å². The summed E-state index contributed by atoms with van der Waals surface area (Å²) in [6.45, 7) is 1.43. The largest absolute Gasteiger partial charge is 0.343 e. The van der Waals surface area contributed by atoms with Gasteiger partial charge in [-0.05, 0) is 17.7 Å². The molecule has 1 amide bonds. The van der Waals surface area contributed by atoms with Gasteiger partial charge in [-0.1, -0.05) is 12.1 Å². The molecule has 7 heteroatoms. The average molecular weight is 286 g/mol. The molecular formula is C12H15FN2O3S. The van der Waals surface area contributed by atoms with Crippen LogP contribution >= 0.6 is 0 Å². The van der Waals surface area contributed by atoms with Gasteiger partial charge in [0.25, 0.3) is 0 Å². The second-order valence-electron chi connectivity index (χ2n) is 4.42. The maximum absolute atomic E-state index is 12.8. The third kappa shape index (κ3) is 3.51. The van der Waals surface area contributed by atoms with Crippen LogP contribution in [0.25, 0.3) is 0 Å². The molecule has 0 radical (unpaired) electrons. The van der Waals surface area contributed by atoms with Crippen molar-refractivity contribution in [2.24, 2.45) is 0 Å². The van der Waals surface area contributed by atoms with Gasteiger partial charge in [0.2, 0.25) is 16.4 Å². The fourth-order valence-electron chi connectivity index (χ4n) is 1.97. The van der Waals surface area contributed by atoms with Gasteiger partial charge in [0.15, 0.2) is 0 Å². The smallest absolute Gasteiger partial charge is 0.218 e. The first-order chi connectivity index (χ1) is 9.01. The normalized spacial score (nSPS) is 17.4. The zero-order chi connectivity index (χ0) is 13.9. The first-order valence-corrected chi connectivity index (χ1v) is 7.54. The summed E-state index contributed by atoms with van der Waals surface area (Å²) in [6.07, 6.45) is 0.726. The number of hydrogen-bond acceptors (Lipinski definition) is 3. The average Bonchev–Trinajstić information content (AvgIpc) is 2.41. The van der Waals surface area contributed by atoms with Crippen LogP contribution in [-0.2, 0) is 20.6 Å². The Balaban J connectivity index is 2.02. The fourth-order valence-corrected chi connectivity index (χ4v) is 3.49. The Morgan fingerprint density at radius 3 is 2.21 bits per heavy atom. The Bertz CT molecular complexity index is 537. The molecule has 0 atom stereocenters. The van der Waals surface area contributed by atoms with Crippen LogP contribution in [0.5, 0.6) is 0 Å². The number of halogens is 1. The molecular weight excluding hydrogens is 271 g/mol. The summed E-state index contributed by atoms with van der Waals surface area (Å²) in [7, 11) is -3.41. The van der Waals surface area contributed by atoms with Crippen LogP contribution in [0, 0.1) is 5.82 Å². The lowest BCUT2D eigenvalue weighted by Crippen LogP contribution is -2.48. The number of piperazine rings is 1. The van der Waals surface area contributed by atoms with Gasteiger partial charge in [0.05, 0.1) is 5.75 Å². The number of rotatable bonds is 4. The van der Waals surface area contributed by atoms with Crippen molar-refractivity contribution in [3.05, 3.63) is 35.6 Å². The van der Waals surface area contributed by atoms with Crippen LogP contribution in [0.15, 0.2) is 24.3 Å². The molecule has 0 N–H and O–H groups in total. The summed E-state index contributed by atoms with van der Waals surface area (Å²) < 4.78 is 38.4. The van der Waals surface area contributed by atoms with Crippen LogP contribution in [0.1, 0.15) is 5.56 Å². The Morgan fingerprint density at radius 2 is 1.68 bits per heavy atom. The van der Waals surface area contributed by atoms with Crippen molar-refractivity contribution in [2.45, 2.75) is 5.75 Å². The highest BCUT2D eigenvalue weighted by Gasteiger charge is 2.26. The summed E-state index contributed by atoms with van der Waals surface area (Å²) in [5.41, 5.74) is 0.555. The van der Waals surface area contributed by atoms with E-state index < -0.39 is 10.0 Å². The monoisotopic (exact) mass is 286 g/mol. The molecule has 0 spiro atoms. The molecule has 0 aromatic heterocycles. The molecule has 0 saturated carbocycles. The number of benzene rings is 1. The third-order valence-electron chi connectivity index (χ3n) is 3.08.